The van der Waals surface area contributed by atoms with Crippen LogP contribution < -0.4 is 5.32 Å². The van der Waals surface area contributed by atoms with Gasteiger partial charge >= 0.3 is 0 Å². The Morgan fingerprint density at radius 1 is 0.800 bits per heavy atom. The van der Waals surface area contributed by atoms with Gasteiger partial charge in [0, 0.05) is 0 Å². The average molecular weight is 354 g/mol. The molecule has 0 aromatic heterocycles. The van der Waals surface area contributed by atoms with Gasteiger partial charge in [-0.15, -0.1) is 0 Å². The highest BCUT2D eigenvalue weighted by molar-refractivity contribution is 4.91. The van der Waals surface area contributed by atoms with Gasteiger partial charge in [-0.1, -0.05) is 82.1 Å². The molecule has 0 saturated heterocycles. The summed E-state index contributed by atoms with van der Waals surface area (Å²) in [4.78, 5) is 0. The van der Waals surface area contributed by atoms with Crippen LogP contribution in [0.1, 0.15) is 108 Å². The minimum absolute atomic E-state index is 0.414. The first-order chi connectivity index (χ1) is 11.6. The fraction of sp³-hybridized carbons (Fsp3) is 1.00. The number of hydrogen-bond donors (Lipinski definition) is 1. The van der Waals surface area contributed by atoms with E-state index in [1.807, 2.05) is 0 Å². The van der Waals surface area contributed by atoms with Crippen LogP contribution in [0.5, 0.6) is 0 Å². The van der Waals surface area contributed by atoms with Crippen molar-refractivity contribution >= 4 is 0 Å². The highest BCUT2D eigenvalue weighted by atomic mass is 14.8. The van der Waals surface area contributed by atoms with Crippen LogP contribution in [0.25, 0.3) is 0 Å². The maximum absolute atomic E-state index is 3.60. The molecule has 0 heterocycles. The molecule has 25 heavy (non-hydrogen) atoms. The van der Waals surface area contributed by atoms with E-state index in [1.165, 1.54) is 45.1 Å². The summed E-state index contributed by atoms with van der Waals surface area (Å²) in [6, 6.07) is 0. The van der Waals surface area contributed by atoms with Gasteiger partial charge < -0.3 is 5.32 Å². The molecule has 0 bridgehead atoms. The molecule has 5 unspecified atom stereocenters. The van der Waals surface area contributed by atoms with E-state index in [4.69, 9.17) is 0 Å². The summed E-state index contributed by atoms with van der Waals surface area (Å²) < 4.78 is 0. The van der Waals surface area contributed by atoms with Gasteiger partial charge in [0.25, 0.3) is 0 Å². The third kappa shape index (κ3) is 7.61. The molecule has 0 fully saturated rings. The second-order valence-electron chi connectivity index (χ2n) is 9.91. The molecular weight excluding hydrogens is 302 g/mol. The van der Waals surface area contributed by atoms with Crippen LogP contribution in [0.4, 0.5) is 0 Å². The Labute approximate surface area is 161 Å². The van der Waals surface area contributed by atoms with E-state index in [0.717, 1.165) is 30.2 Å². The smallest absolute Gasteiger partial charge is 0.00462 e. The van der Waals surface area contributed by atoms with Crippen molar-refractivity contribution in [1.82, 2.24) is 5.32 Å². The molecule has 0 aromatic carbocycles. The molecule has 0 aromatic rings. The first-order valence-electron chi connectivity index (χ1n) is 11.3. The maximum Gasteiger partial charge on any atom is -0.00462 e. The molecule has 5 atom stereocenters. The third-order valence-electron chi connectivity index (χ3n) is 8.09. The molecule has 0 radical (unpaired) electrons. The lowest BCUT2D eigenvalue weighted by Gasteiger charge is -2.48. The van der Waals surface area contributed by atoms with Crippen LogP contribution in [0.2, 0.25) is 0 Å². The van der Waals surface area contributed by atoms with Gasteiger partial charge in [0.15, 0.2) is 0 Å². The maximum atomic E-state index is 3.60. The normalized spacial score (nSPS) is 19.9. The average Bonchev–Trinajstić information content (AvgIpc) is 2.60. The van der Waals surface area contributed by atoms with Crippen molar-refractivity contribution in [2.24, 2.45) is 34.5 Å². The summed E-state index contributed by atoms with van der Waals surface area (Å²) in [6.07, 6.45) is 7.86. The Morgan fingerprint density at radius 3 is 1.88 bits per heavy atom. The monoisotopic (exact) mass is 353 g/mol. The van der Waals surface area contributed by atoms with E-state index in [-0.39, 0.29) is 0 Å². The number of rotatable bonds is 14. The van der Waals surface area contributed by atoms with Crippen LogP contribution in [-0.4, -0.2) is 13.1 Å². The quantitative estimate of drug-likeness (QED) is 0.318. The van der Waals surface area contributed by atoms with Gasteiger partial charge in [-0.3, -0.25) is 0 Å². The lowest BCUT2D eigenvalue weighted by Crippen LogP contribution is -2.41. The van der Waals surface area contributed by atoms with Gasteiger partial charge in [-0.05, 0) is 73.3 Å². The second kappa shape index (κ2) is 11.6. The van der Waals surface area contributed by atoms with Crippen molar-refractivity contribution in [2.45, 2.75) is 108 Å². The zero-order chi connectivity index (χ0) is 19.7. The van der Waals surface area contributed by atoms with Gasteiger partial charge in [0.2, 0.25) is 0 Å². The molecular formula is C24H51N. The summed E-state index contributed by atoms with van der Waals surface area (Å²) in [6.45, 7) is 26.8. The van der Waals surface area contributed by atoms with Gasteiger partial charge in [-0.2, -0.15) is 0 Å². The number of hydrogen-bond acceptors (Lipinski definition) is 1. The molecule has 0 amide bonds. The Hall–Kier alpha value is -0.0400. The van der Waals surface area contributed by atoms with Crippen molar-refractivity contribution in [3.05, 3.63) is 0 Å². The largest absolute Gasteiger partial charge is 0.317 e. The molecule has 1 heteroatoms. The van der Waals surface area contributed by atoms with Crippen molar-refractivity contribution in [3.63, 3.8) is 0 Å². The van der Waals surface area contributed by atoms with Crippen LogP contribution in [0.15, 0.2) is 0 Å². The highest BCUT2D eigenvalue weighted by Gasteiger charge is 2.42. The van der Waals surface area contributed by atoms with Crippen molar-refractivity contribution in [2.75, 3.05) is 13.1 Å². The zero-order valence-electron chi connectivity index (χ0n) is 19.5. The fourth-order valence-corrected chi connectivity index (χ4v) is 4.43. The molecule has 152 valence electrons. The fourth-order valence-electron chi connectivity index (χ4n) is 4.43. The summed E-state index contributed by atoms with van der Waals surface area (Å²) in [5.74, 6) is 3.21. The molecule has 1 nitrogen and oxygen atoms in total. The van der Waals surface area contributed by atoms with E-state index >= 15 is 0 Å². The molecule has 0 rings (SSSR count). The molecule has 0 saturated carbocycles. The van der Waals surface area contributed by atoms with Crippen LogP contribution >= 0.6 is 0 Å². The lowest BCUT2D eigenvalue weighted by molar-refractivity contribution is 0.00968. The predicted molar refractivity (Wildman–Crippen MR) is 116 cm³/mol. The Morgan fingerprint density at radius 2 is 1.40 bits per heavy atom. The minimum atomic E-state index is 0.414. The molecule has 0 aliphatic carbocycles. The van der Waals surface area contributed by atoms with Crippen LogP contribution in [-0.2, 0) is 0 Å². The van der Waals surface area contributed by atoms with Crippen molar-refractivity contribution < 1.29 is 0 Å². The first kappa shape index (κ1) is 25.0. The SMILES string of the molecule is CCCNCCC(C)C(C)(CC)C(C)C(C)(C)CCC(C)C(C)CC. The minimum Gasteiger partial charge on any atom is -0.317 e. The molecule has 0 spiro atoms. The molecule has 0 aliphatic heterocycles. The first-order valence-corrected chi connectivity index (χ1v) is 11.3. The Balaban J connectivity index is 4.86. The van der Waals surface area contributed by atoms with E-state index in [1.54, 1.807) is 0 Å². The van der Waals surface area contributed by atoms with Crippen LogP contribution in [0, 0.1) is 34.5 Å². The van der Waals surface area contributed by atoms with Gasteiger partial charge in [-0.25, -0.2) is 0 Å². The van der Waals surface area contributed by atoms with Gasteiger partial charge in [0.05, 0.1) is 0 Å². The Bertz CT molecular complexity index is 335. The van der Waals surface area contributed by atoms with E-state index in [0.29, 0.717) is 10.8 Å². The van der Waals surface area contributed by atoms with Crippen molar-refractivity contribution in [1.29, 1.82) is 0 Å². The van der Waals surface area contributed by atoms with Crippen molar-refractivity contribution in [3.8, 4) is 0 Å². The van der Waals surface area contributed by atoms with Crippen LogP contribution in [0.3, 0.4) is 0 Å². The predicted octanol–water partition coefficient (Wildman–Crippen LogP) is 7.55. The van der Waals surface area contributed by atoms with Gasteiger partial charge in [0.1, 0.15) is 0 Å². The van der Waals surface area contributed by atoms with E-state index in [9.17, 15) is 0 Å². The number of nitrogens with one attached hydrogen (secondary N) is 1. The summed E-state index contributed by atoms with van der Waals surface area (Å²) in [7, 11) is 0. The zero-order valence-corrected chi connectivity index (χ0v) is 19.5. The third-order valence-corrected chi connectivity index (χ3v) is 8.09. The second-order valence-corrected chi connectivity index (χ2v) is 9.91. The summed E-state index contributed by atoms with van der Waals surface area (Å²) in [5.41, 5.74) is 0.842. The Kier molecular flexibility index (Phi) is 11.6. The highest BCUT2D eigenvalue weighted by Crippen LogP contribution is 2.50. The molecule has 1 N–H and O–H groups in total. The standard InChI is InChI=1S/C24H51N/c1-11-17-25-18-15-21(6)24(10,13-3)22(7)23(8,9)16-14-20(5)19(4)12-2/h19-22,25H,11-18H2,1-10H3. The van der Waals surface area contributed by atoms with E-state index in [2.05, 4.69) is 74.6 Å². The molecule has 0 aliphatic rings. The van der Waals surface area contributed by atoms with E-state index < -0.39 is 0 Å². The lowest BCUT2D eigenvalue weighted by atomic mass is 9.57. The topological polar surface area (TPSA) is 12.0 Å². The summed E-state index contributed by atoms with van der Waals surface area (Å²) >= 11 is 0. The summed E-state index contributed by atoms with van der Waals surface area (Å²) in [5, 5.41) is 3.60.